The topological polar surface area (TPSA) is 71.1 Å². The van der Waals surface area contributed by atoms with E-state index in [4.69, 9.17) is 10.00 Å². The molecule has 0 saturated heterocycles. The van der Waals surface area contributed by atoms with Crippen molar-refractivity contribution in [1.82, 2.24) is 9.55 Å². The second-order valence-corrected chi connectivity index (χ2v) is 12.7. The van der Waals surface area contributed by atoms with Gasteiger partial charge in [-0.2, -0.15) is 5.26 Å². The molecule has 24 heavy (non-hydrogen) atoms. The van der Waals surface area contributed by atoms with Gasteiger partial charge in [-0.25, -0.2) is 4.98 Å². The minimum atomic E-state index is -1.07. The van der Waals surface area contributed by atoms with Crippen LogP contribution in [-0.4, -0.2) is 29.3 Å². The summed E-state index contributed by atoms with van der Waals surface area (Å²) in [6.45, 7) is 8.22. The van der Waals surface area contributed by atoms with Crippen molar-refractivity contribution in [3.05, 3.63) is 42.4 Å². The zero-order valence-electron chi connectivity index (χ0n) is 14.6. The number of rotatable bonds is 8. The highest BCUT2D eigenvalue weighted by Crippen LogP contribution is 2.28. The largest absolute Gasteiger partial charge is 0.387 e. The van der Waals surface area contributed by atoms with E-state index < -0.39 is 14.2 Å². The van der Waals surface area contributed by atoms with Gasteiger partial charge in [0.2, 0.25) is 0 Å². The van der Waals surface area contributed by atoms with Crippen molar-refractivity contribution in [2.75, 3.05) is 6.61 Å². The monoisotopic (exact) mass is 343 g/mol. The Morgan fingerprint density at radius 3 is 2.79 bits per heavy atom. The first-order valence-electron chi connectivity index (χ1n) is 8.14. The number of hydrogen-bond donors (Lipinski definition) is 1. The van der Waals surface area contributed by atoms with Gasteiger partial charge in [0.05, 0.1) is 30.6 Å². The maximum absolute atomic E-state index is 10.1. The van der Waals surface area contributed by atoms with Crippen LogP contribution in [0.15, 0.2) is 36.8 Å². The smallest absolute Gasteiger partial charge is 0.123 e. The molecule has 128 valence electrons. The van der Waals surface area contributed by atoms with Crippen LogP contribution in [-0.2, 0) is 11.5 Å². The van der Waals surface area contributed by atoms with Crippen LogP contribution >= 0.6 is 0 Å². The summed E-state index contributed by atoms with van der Waals surface area (Å²) < 4.78 is 7.62. The molecule has 0 fully saturated rings. The maximum atomic E-state index is 10.1. The molecule has 2 rings (SSSR count). The lowest BCUT2D eigenvalue weighted by Gasteiger charge is -2.15. The Hall–Kier alpha value is -1.94. The lowest BCUT2D eigenvalue weighted by atomic mass is 9.99. The van der Waals surface area contributed by atoms with E-state index in [2.05, 4.69) is 24.6 Å². The van der Waals surface area contributed by atoms with Crippen LogP contribution in [0.3, 0.4) is 0 Å². The van der Waals surface area contributed by atoms with Crippen LogP contribution in [0.5, 0.6) is 0 Å². The molecule has 0 aliphatic carbocycles. The van der Waals surface area contributed by atoms with Gasteiger partial charge >= 0.3 is 0 Å². The Labute approximate surface area is 144 Å². The van der Waals surface area contributed by atoms with Crippen molar-refractivity contribution in [2.24, 2.45) is 0 Å². The Morgan fingerprint density at radius 2 is 2.08 bits per heavy atom. The molecule has 1 unspecified atom stereocenters. The molecule has 0 spiro atoms. The van der Waals surface area contributed by atoms with E-state index in [0.29, 0.717) is 6.73 Å². The summed E-state index contributed by atoms with van der Waals surface area (Å²) >= 11 is 0. The zero-order chi connectivity index (χ0) is 17.6. The van der Waals surface area contributed by atoms with Crippen molar-refractivity contribution in [2.45, 2.75) is 44.9 Å². The van der Waals surface area contributed by atoms with Gasteiger partial charge in [0.15, 0.2) is 0 Å². The second kappa shape index (κ2) is 8.24. The van der Waals surface area contributed by atoms with Gasteiger partial charge < -0.3 is 14.4 Å². The van der Waals surface area contributed by atoms with Crippen molar-refractivity contribution >= 4 is 8.07 Å². The minimum Gasteiger partial charge on any atom is -0.387 e. The van der Waals surface area contributed by atoms with Crippen LogP contribution < -0.4 is 0 Å². The van der Waals surface area contributed by atoms with Crippen LogP contribution in [0.2, 0.25) is 25.7 Å². The molecule has 6 heteroatoms. The fraction of sp³-hybridized carbons (Fsp3) is 0.444. The highest BCUT2D eigenvalue weighted by atomic mass is 28.3. The molecule has 2 aromatic rings. The fourth-order valence-corrected chi connectivity index (χ4v) is 3.09. The second-order valence-electron chi connectivity index (χ2n) is 7.09. The molecule has 0 bridgehead atoms. The molecule has 1 atom stereocenters. The minimum absolute atomic E-state index is 0.0670. The molecule has 0 aliphatic rings. The van der Waals surface area contributed by atoms with Gasteiger partial charge in [-0.05, 0) is 11.6 Å². The van der Waals surface area contributed by atoms with E-state index in [0.717, 1.165) is 29.5 Å². The fourth-order valence-electron chi connectivity index (χ4n) is 2.34. The van der Waals surface area contributed by atoms with E-state index in [1.165, 1.54) is 0 Å². The first-order chi connectivity index (χ1) is 11.4. The molecule has 0 amide bonds. The van der Waals surface area contributed by atoms with Gasteiger partial charge in [0.1, 0.15) is 6.73 Å². The molecule has 1 aromatic heterocycles. The average Bonchev–Trinajstić information content (AvgIpc) is 3.00. The summed E-state index contributed by atoms with van der Waals surface area (Å²) in [4.78, 5) is 4.41. The number of aliphatic hydroxyl groups is 1. The van der Waals surface area contributed by atoms with E-state index in [1.54, 1.807) is 6.33 Å². The Kier molecular flexibility index (Phi) is 6.32. The van der Waals surface area contributed by atoms with Crippen LogP contribution in [0.25, 0.3) is 11.3 Å². The summed E-state index contributed by atoms with van der Waals surface area (Å²) in [5.41, 5.74) is 2.35. The number of aromatic nitrogens is 2. The van der Waals surface area contributed by atoms with Crippen molar-refractivity contribution < 1.29 is 9.84 Å². The predicted octanol–water partition coefficient (Wildman–Crippen LogP) is 3.81. The number of aliphatic hydroxyl groups excluding tert-OH is 1. The highest BCUT2D eigenvalue weighted by molar-refractivity contribution is 6.76. The predicted molar refractivity (Wildman–Crippen MR) is 97.0 cm³/mol. The summed E-state index contributed by atoms with van der Waals surface area (Å²) in [6.07, 6.45) is 2.91. The van der Waals surface area contributed by atoms with Gasteiger partial charge in [-0.1, -0.05) is 43.9 Å². The third-order valence-corrected chi connectivity index (χ3v) is 5.45. The molecule has 0 radical (unpaired) electrons. The molecular weight excluding hydrogens is 318 g/mol. The molecule has 0 saturated carbocycles. The number of imidazole rings is 1. The van der Waals surface area contributed by atoms with Gasteiger partial charge in [0, 0.05) is 26.4 Å². The summed E-state index contributed by atoms with van der Waals surface area (Å²) in [5.74, 6) is 0. The Morgan fingerprint density at radius 1 is 1.33 bits per heavy atom. The van der Waals surface area contributed by atoms with E-state index in [9.17, 15) is 5.11 Å². The number of ether oxygens (including phenoxy) is 1. The number of hydrogen-bond acceptors (Lipinski definition) is 4. The van der Waals surface area contributed by atoms with E-state index in [1.807, 2.05) is 41.1 Å². The van der Waals surface area contributed by atoms with Gasteiger partial charge in [0.25, 0.3) is 0 Å². The summed E-state index contributed by atoms with van der Waals surface area (Å²) in [7, 11) is -1.07. The lowest BCUT2D eigenvalue weighted by Crippen LogP contribution is -2.21. The zero-order valence-corrected chi connectivity index (χ0v) is 15.6. The third-order valence-electron chi connectivity index (χ3n) is 3.75. The SMILES string of the molecule is C[Si](C)(C)CCOCn1cnc(-c2ccccc2C(O)CC#N)c1. The average molecular weight is 344 g/mol. The van der Waals surface area contributed by atoms with Gasteiger partial charge in [-0.3, -0.25) is 0 Å². The first kappa shape index (κ1) is 18.4. The summed E-state index contributed by atoms with van der Waals surface area (Å²) in [5, 5.41) is 18.9. The Balaban J connectivity index is 2.04. The molecule has 1 N–H and O–H groups in total. The maximum Gasteiger partial charge on any atom is 0.123 e. The molecule has 5 nitrogen and oxygen atoms in total. The molecular formula is C18H25N3O2Si. The van der Waals surface area contributed by atoms with E-state index in [-0.39, 0.29) is 6.42 Å². The number of nitriles is 1. The molecule has 1 heterocycles. The van der Waals surface area contributed by atoms with Gasteiger partial charge in [-0.15, -0.1) is 0 Å². The van der Waals surface area contributed by atoms with E-state index >= 15 is 0 Å². The van der Waals surface area contributed by atoms with Crippen LogP contribution in [0.4, 0.5) is 0 Å². The van der Waals surface area contributed by atoms with Crippen molar-refractivity contribution in [1.29, 1.82) is 5.26 Å². The van der Waals surface area contributed by atoms with Crippen molar-refractivity contribution in [3.8, 4) is 17.3 Å². The molecule has 0 aliphatic heterocycles. The quantitative estimate of drug-likeness (QED) is 0.584. The lowest BCUT2D eigenvalue weighted by molar-refractivity contribution is 0.0871. The standard InChI is InChI=1S/C18H25N3O2Si/c1-24(2,3)11-10-23-14-21-12-17(20-13-21)15-6-4-5-7-16(15)18(22)8-9-19/h4-7,12-13,18,22H,8,10-11,14H2,1-3H3. The number of nitrogens with zero attached hydrogens (tertiary/aromatic N) is 3. The Bertz CT molecular complexity index is 701. The summed E-state index contributed by atoms with van der Waals surface area (Å²) in [6, 6.07) is 10.6. The number of benzene rings is 1. The highest BCUT2D eigenvalue weighted by Gasteiger charge is 2.15. The first-order valence-corrected chi connectivity index (χ1v) is 11.9. The normalized spacial score (nSPS) is 12.8. The third kappa shape index (κ3) is 5.30. The van der Waals surface area contributed by atoms with Crippen LogP contribution in [0.1, 0.15) is 18.1 Å². The molecule has 1 aromatic carbocycles. The van der Waals surface area contributed by atoms with Crippen LogP contribution in [0, 0.1) is 11.3 Å². The van der Waals surface area contributed by atoms with Crippen molar-refractivity contribution in [3.63, 3.8) is 0 Å².